The fourth-order valence-corrected chi connectivity index (χ4v) is 1.64. The molecule has 18 heavy (non-hydrogen) atoms. The Morgan fingerprint density at radius 1 is 1.50 bits per heavy atom. The van der Waals surface area contributed by atoms with Gasteiger partial charge in [-0.15, -0.1) is 5.10 Å². The van der Waals surface area contributed by atoms with E-state index in [1.165, 1.54) is 10.7 Å². The molecule has 2 rings (SSSR count). The molecule has 1 aromatic carbocycles. The van der Waals surface area contributed by atoms with Gasteiger partial charge in [-0.2, -0.15) is 0 Å². The molecule has 0 aliphatic heterocycles. The molecule has 0 aliphatic rings. The first-order chi connectivity index (χ1) is 8.52. The maximum atomic E-state index is 13.8. The minimum atomic E-state index is -1.23. The maximum Gasteiger partial charge on any atom is 0.375 e. The highest BCUT2D eigenvalue weighted by atomic mass is 19.1. The number of rotatable bonds is 3. The van der Waals surface area contributed by atoms with Gasteiger partial charge in [-0.1, -0.05) is 13.0 Å². The minimum absolute atomic E-state index is 0.206. The van der Waals surface area contributed by atoms with E-state index in [2.05, 4.69) is 10.1 Å². The third kappa shape index (κ3) is 2.09. The van der Waals surface area contributed by atoms with Crippen molar-refractivity contribution in [2.75, 3.05) is 0 Å². The van der Waals surface area contributed by atoms with E-state index in [1.54, 1.807) is 26.0 Å². The number of hydrogen-bond acceptors (Lipinski definition) is 3. The number of hydrogen-bond donors (Lipinski definition) is 1. The van der Waals surface area contributed by atoms with Crippen LogP contribution in [-0.2, 0) is 6.42 Å². The predicted molar refractivity (Wildman–Crippen MR) is 62.4 cm³/mol. The van der Waals surface area contributed by atoms with Gasteiger partial charge in [0.05, 0.1) is 0 Å². The highest BCUT2D eigenvalue weighted by Gasteiger charge is 2.17. The van der Waals surface area contributed by atoms with Crippen LogP contribution >= 0.6 is 0 Å². The van der Waals surface area contributed by atoms with E-state index >= 15 is 0 Å². The van der Waals surface area contributed by atoms with Crippen molar-refractivity contribution >= 4 is 5.97 Å². The Kier molecular flexibility index (Phi) is 3.10. The third-order valence-corrected chi connectivity index (χ3v) is 2.51. The van der Waals surface area contributed by atoms with Gasteiger partial charge in [0, 0.05) is 6.42 Å². The second-order valence-corrected chi connectivity index (χ2v) is 3.88. The first-order valence-corrected chi connectivity index (χ1v) is 5.48. The van der Waals surface area contributed by atoms with Crippen LogP contribution in [0.15, 0.2) is 18.2 Å². The number of halogens is 1. The molecule has 94 valence electrons. The van der Waals surface area contributed by atoms with Gasteiger partial charge in [-0.05, 0) is 24.6 Å². The molecule has 1 N–H and O–H groups in total. The first-order valence-electron chi connectivity index (χ1n) is 5.48. The van der Waals surface area contributed by atoms with Crippen molar-refractivity contribution < 1.29 is 14.3 Å². The van der Waals surface area contributed by atoms with E-state index in [0.29, 0.717) is 12.2 Å². The lowest BCUT2D eigenvalue weighted by molar-refractivity contribution is 0.0683. The number of carboxylic acids is 1. The van der Waals surface area contributed by atoms with Gasteiger partial charge < -0.3 is 5.11 Å². The number of aromatic nitrogens is 3. The smallest absolute Gasteiger partial charge is 0.375 e. The summed E-state index contributed by atoms with van der Waals surface area (Å²) < 4.78 is 15.1. The largest absolute Gasteiger partial charge is 0.475 e. The molecule has 0 fully saturated rings. The van der Waals surface area contributed by atoms with Crippen LogP contribution in [0.2, 0.25) is 0 Å². The second kappa shape index (κ2) is 4.56. The van der Waals surface area contributed by atoms with Crippen molar-refractivity contribution in [1.82, 2.24) is 14.8 Å². The van der Waals surface area contributed by atoms with E-state index in [9.17, 15) is 9.18 Å². The molecule has 1 heterocycles. The van der Waals surface area contributed by atoms with Crippen molar-refractivity contribution in [3.05, 3.63) is 41.2 Å². The molecule has 0 bridgehead atoms. The lowest BCUT2D eigenvalue weighted by Gasteiger charge is -2.06. The maximum absolute atomic E-state index is 13.8. The van der Waals surface area contributed by atoms with E-state index in [1.807, 2.05) is 0 Å². The summed E-state index contributed by atoms with van der Waals surface area (Å²) in [5.41, 5.74) is 0.991. The summed E-state index contributed by atoms with van der Waals surface area (Å²) in [5.74, 6) is -1.59. The molecule has 2 aromatic rings. The summed E-state index contributed by atoms with van der Waals surface area (Å²) >= 11 is 0. The molecule has 0 spiro atoms. The van der Waals surface area contributed by atoms with Crippen LogP contribution in [0.3, 0.4) is 0 Å². The summed E-state index contributed by atoms with van der Waals surface area (Å²) in [6.45, 7) is 3.58. The van der Waals surface area contributed by atoms with Crippen LogP contribution in [0.1, 0.15) is 28.9 Å². The van der Waals surface area contributed by atoms with Crippen LogP contribution < -0.4 is 0 Å². The number of carboxylic acid groups (broad SMARTS) is 1. The summed E-state index contributed by atoms with van der Waals surface area (Å²) in [6, 6.07) is 4.67. The molecule has 0 atom stereocenters. The van der Waals surface area contributed by atoms with Crippen molar-refractivity contribution in [2.45, 2.75) is 20.3 Å². The van der Waals surface area contributed by atoms with Crippen molar-refractivity contribution in [2.24, 2.45) is 0 Å². The molecule has 0 amide bonds. The van der Waals surface area contributed by atoms with Crippen molar-refractivity contribution in [3.8, 4) is 5.69 Å². The van der Waals surface area contributed by atoms with Gasteiger partial charge in [0.1, 0.15) is 17.3 Å². The molecule has 0 saturated heterocycles. The summed E-state index contributed by atoms with van der Waals surface area (Å²) in [7, 11) is 0. The summed E-state index contributed by atoms with van der Waals surface area (Å²) in [6.07, 6.45) is 0.466. The van der Waals surface area contributed by atoms with E-state index in [4.69, 9.17) is 5.11 Å². The standard InChI is InChI=1S/C12H12FN3O2/c1-3-10-14-11(12(17)18)15-16(10)9-5-4-7(2)6-8(9)13/h4-6H,3H2,1-2H3,(H,17,18). The average molecular weight is 249 g/mol. The Balaban J connectivity index is 2.58. The highest BCUT2D eigenvalue weighted by Crippen LogP contribution is 2.16. The molecular weight excluding hydrogens is 237 g/mol. The van der Waals surface area contributed by atoms with Gasteiger partial charge in [0.15, 0.2) is 0 Å². The number of aromatic carboxylic acids is 1. The Hall–Kier alpha value is -2.24. The second-order valence-electron chi connectivity index (χ2n) is 3.88. The lowest BCUT2D eigenvalue weighted by atomic mass is 10.2. The molecular formula is C12H12FN3O2. The van der Waals surface area contributed by atoms with Crippen LogP contribution in [0.25, 0.3) is 5.69 Å². The monoisotopic (exact) mass is 249 g/mol. The van der Waals surface area contributed by atoms with Crippen LogP contribution in [0.5, 0.6) is 0 Å². The summed E-state index contributed by atoms with van der Waals surface area (Å²) in [4.78, 5) is 14.7. The Bertz CT molecular complexity index is 607. The Morgan fingerprint density at radius 2 is 2.22 bits per heavy atom. The zero-order valence-corrected chi connectivity index (χ0v) is 10.0. The van der Waals surface area contributed by atoms with Gasteiger partial charge >= 0.3 is 5.97 Å². The number of carbonyl (C=O) groups is 1. The van der Waals surface area contributed by atoms with E-state index < -0.39 is 11.8 Å². The number of nitrogens with zero attached hydrogens (tertiary/aromatic N) is 3. The normalized spacial score (nSPS) is 10.6. The summed E-state index contributed by atoms with van der Waals surface area (Å²) in [5, 5.41) is 12.7. The van der Waals surface area contributed by atoms with Gasteiger partial charge in [0.25, 0.3) is 5.82 Å². The van der Waals surface area contributed by atoms with Gasteiger partial charge in [-0.25, -0.2) is 18.9 Å². The Labute approximate surface area is 103 Å². The quantitative estimate of drug-likeness (QED) is 0.903. The average Bonchev–Trinajstić information content (AvgIpc) is 2.73. The molecule has 0 radical (unpaired) electrons. The van der Waals surface area contributed by atoms with Gasteiger partial charge in [-0.3, -0.25) is 0 Å². The van der Waals surface area contributed by atoms with Crippen LogP contribution in [0, 0.1) is 12.7 Å². The van der Waals surface area contributed by atoms with Crippen LogP contribution in [-0.4, -0.2) is 25.8 Å². The van der Waals surface area contributed by atoms with E-state index in [-0.39, 0.29) is 11.5 Å². The minimum Gasteiger partial charge on any atom is -0.475 e. The number of aryl methyl sites for hydroxylation is 2. The van der Waals surface area contributed by atoms with Crippen molar-refractivity contribution in [3.63, 3.8) is 0 Å². The fourth-order valence-electron chi connectivity index (χ4n) is 1.64. The molecule has 5 nitrogen and oxygen atoms in total. The SMILES string of the molecule is CCc1nc(C(=O)O)nn1-c1ccc(C)cc1F. The molecule has 0 saturated carbocycles. The number of benzene rings is 1. The third-order valence-electron chi connectivity index (χ3n) is 2.51. The topological polar surface area (TPSA) is 68.0 Å². The molecule has 1 aromatic heterocycles. The predicted octanol–water partition coefficient (Wildman–Crippen LogP) is 1.98. The fraction of sp³-hybridized carbons (Fsp3) is 0.250. The first kappa shape index (κ1) is 12.2. The molecule has 0 aliphatic carbocycles. The highest BCUT2D eigenvalue weighted by molar-refractivity contribution is 5.83. The zero-order valence-electron chi connectivity index (χ0n) is 10.0. The van der Waals surface area contributed by atoms with Gasteiger partial charge in [0.2, 0.25) is 0 Å². The van der Waals surface area contributed by atoms with Crippen LogP contribution in [0.4, 0.5) is 4.39 Å². The lowest BCUT2D eigenvalue weighted by Crippen LogP contribution is -2.05. The Morgan fingerprint density at radius 3 is 2.78 bits per heavy atom. The molecule has 6 heteroatoms. The van der Waals surface area contributed by atoms with Crippen molar-refractivity contribution in [1.29, 1.82) is 0 Å². The zero-order chi connectivity index (χ0) is 13.3. The van der Waals surface area contributed by atoms with E-state index in [0.717, 1.165) is 5.56 Å². The molecule has 0 unspecified atom stereocenters.